The second kappa shape index (κ2) is 7.88. The second-order valence-corrected chi connectivity index (χ2v) is 8.35. The van der Waals surface area contributed by atoms with Crippen LogP contribution >= 0.6 is 0 Å². The van der Waals surface area contributed by atoms with Gasteiger partial charge in [-0.05, 0) is 60.7 Å². The monoisotopic (exact) mass is 393 g/mol. The molecular formula is C24H31N3O2. The van der Waals surface area contributed by atoms with Crippen LogP contribution in [0.3, 0.4) is 0 Å². The van der Waals surface area contributed by atoms with Gasteiger partial charge in [-0.3, -0.25) is 4.90 Å². The van der Waals surface area contributed by atoms with E-state index in [1.165, 1.54) is 22.4 Å². The zero-order valence-corrected chi connectivity index (χ0v) is 17.5. The summed E-state index contributed by atoms with van der Waals surface area (Å²) >= 11 is 0. The summed E-state index contributed by atoms with van der Waals surface area (Å²) in [5.74, 6) is 1.59. The van der Waals surface area contributed by atoms with E-state index >= 15 is 0 Å². The lowest BCUT2D eigenvalue weighted by Crippen LogP contribution is -2.36. The van der Waals surface area contributed by atoms with Crippen molar-refractivity contribution >= 4 is 11.4 Å². The van der Waals surface area contributed by atoms with Crippen LogP contribution in [0.25, 0.3) is 0 Å². The molecule has 2 aromatic rings. The normalized spacial score (nSPS) is 24.3. The molecule has 3 aliphatic rings. The first-order chi connectivity index (χ1) is 14.2. The third-order valence-corrected chi connectivity index (χ3v) is 6.83. The highest BCUT2D eigenvalue weighted by molar-refractivity contribution is 5.65. The first-order valence-corrected chi connectivity index (χ1v) is 10.9. The fourth-order valence-corrected chi connectivity index (χ4v) is 5.21. The molecule has 5 rings (SSSR count). The molecule has 0 saturated carbocycles. The maximum Gasteiger partial charge on any atom is 0.159 e. The Hall–Kier alpha value is -2.24. The van der Waals surface area contributed by atoms with E-state index in [0.29, 0.717) is 18.7 Å². The van der Waals surface area contributed by atoms with Crippen molar-refractivity contribution in [2.24, 2.45) is 0 Å². The Labute approximate surface area is 173 Å². The van der Waals surface area contributed by atoms with Gasteiger partial charge in [0.15, 0.2) is 6.73 Å². The number of nitrogens with one attached hydrogen (secondary N) is 1. The third-order valence-electron chi connectivity index (χ3n) is 6.83. The van der Waals surface area contributed by atoms with E-state index in [-0.39, 0.29) is 0 Å². The van der Waals surface area contributed by atoms with Crippen LogP contribution in [0.1, 0.15) is 42.0 Å². The van der Waals surface area contributed by atoms with Gasteiger partial charge in [-0.1, -0.05) is 25.1 Å². The molecule has 0 bridgehead atoms. The molecule has 5 heteroatoms. The van der Waals surface area contributed by atoms with Crippen molar-refractivity contribution in [3.05, 3.63) is 53.1 Å². The molecule has 5 nitrogen and oxygen atoms in total. The summed E-state index contributed by atoms with van der Waals surface area (Å²) in [6, 6.07) is 14.2. The maximum absolute atomic E-state index is 5.83. The summed E-state index contributed by atoms with van der Waals surface area (Å²) in [6.45, 7) is 10.9. The lowest BCUT2D eigenvalue weighted by atomic mass is 9.90. The van der Waals surface area contributed by atoms with Gasteiger partial charge in [0.25, 0.3) is 0 Å². The number of morpholine rings is 1. The number of hydrogen-bond acceptors (Lipinski definition) is 5. The predicted molar refractivity (Wildman–Crippen MR) is 117 cm³/mol. The van der Waals surface area contributed by atoms with Crippen LogP contribution in [-0.4, -0.2) is 51.0 Å². The Morgan fingerprint density at radius 1 is 1.07 bits per heavy atom. The zero-order chi connectivity index (χ0) is 19.8. The van der Waals surface area contributed by atoms with Crippen LogP contribution in [0.2, 0.25) is 0 Å². The minimum Gasteiger partial charge on any atom is -0.471 e. The van der Waals surface area contributed by atoms with Crippen LogP contribution in [0.5, 0.6) is 5.75 Å². The molecule has 29 heavy (non-hydrogen) atoms. The van der Waals surface area contributed by atoms with E-state index in [0.717, 1.165) is 57.3 Å². The molecule has 2 unspecified atom stereocenters. The molecule has 2 atom stereocenters. The number of nitrogens with zero attached hydrogens (tertiary/aromatic N) is 2. The van der Waals surface area contributed by atoms with E-state index in [1.807, 2.05) is 0 Å². The summed E-state index contributed by atoms with van der Waals surface area (Å²) in [7, 11) is 0. The molecule has 2 aromatic carbocycles. The van der Waals surface area contributed by atoms with E-state index in [9.17, 15) is 0 Å². The van der Waals surface area contributed by atoms with E-state index in [2.05, 4.69) is 65.4 Å². The Balaban J connectivity index is 1.36. The molecule has 0 spiro atoms. The molecule has 0 radical (unpaired) electrons. The summed E-state index contributed by atoms with van der Waals surface area (Å²) in [5.41, 5.74) is 6.62. The van der Waals surface area contributed by atoms with Crippen LogP contribution < -0.4 is 15.0 Å². The Morgan fingerprint density at radius 3 is 2.62 bits per heavy atom. The zero-order valence-electron chi connectivity index (χ0n) is 17.5. The van der Waals surface area contributed by atoms with Crippen molar-refractivity contribution in [1.29, 1.82) is 0 Å². The van der Waals surface area contributed by atoms with Gasteiger partial charge >= 0.3 is 0 Å². The second-order valence-electron chi connectivity index (χ2n) is 8.35. The van der Waals surface area contributed by atoms with Crippen molar-refractivity contribution in [1.82, 2.24) is 4.90 Å². The van der Waals surface area contributed by atoms with Gasteiger partial charge in [0.1, 0.15) is 5.75 Å². The fourth-order valence-electron chi connectivity index (χ4n) is 5.21. The lowest BCUT2D eigenvalue weighted by Gasteiger charge is -2.29. The third kappa shape index (κ3) is 3.47. The minimum atomic E-state index is 0.482. The standard InChI is InChI=1S/C24H31N3O2/c1-3-26-15-19(21-8-9-22-24(17(21)2)29-16-25-22)14-23(26)18-4-6-20(7-5-18)27-10-12-28-13-11-27/h4-9,19,23,25H,3,10-16H2,1-2H3. The molecule has 0 aromatic heterocycles. The molecule has 154 valence electrons. The Bertz CT molecular complexity index is 861. The SMILES string of the molecule is CCN1CC(c2ccc3c(c2C)OCN3)CC1c1ccc(N2CCOCC2)cc1. The van der Waals surface area contributed by atoms with Gasteiger partial charge in [0.2, 0.25) is 0 Å². The topological polar surface area (TPSA) is 37.0 Å². The van der Waals surface area contributed by atoms with Crippen molar-refractivity contribution in [3.8, 4) is 5.75 Å². The fraction of sp³-hybridized carbons (Fsp3) is 0.500. The summed E-state index contributed by atoms with van der Waals surface area (Å²) < 4.78 is 11.3. The summed E-state index contributed by atoms with van der Waals surface area (Å²) in [5, 5.41) is 3.30. The van der Waals surface area contributed by atoms with Crippen molar-refractivity contribution in [2.75, 3.05) is 56.3 Å². The molecular weight excluding hydrogens is 362 g/mol. The average Bonchev–Trinajstić information content (AvgIpc) is 3.42. The first kappa shape index (κ1) is 18.8. The first-order valence-electron chi connectivity index (χ1n) is 10.9. The average molecular weight is 394 g/mol. The van der Waals surface area contributed by atoms with Crippen LogP contribution in [0.15, 0.2) is 36.4 Å². The highest BCUT2D eigenvalue weighted by atomic mass is 16.5. The van der Waals surface area contributed by atoms with Gasteiger partial charge in [0.05, 0.1) is 18.9 Å². The number of likely N-dealkylation sites (tertiary alicyclic amines) is 1. The molecule has 2 saturated heterocycles. The van der Waals surface area contributed by atoms with Crippen LogP contribution in [0.4, 0.5) is 11.4 Å². The minimum absolute atomic E-state index is 0.482. The highest BCUT2D eigenvalue weighted by Crippen LogP contribution is 2.45. The number of anilines is 2. The molecule has 3 aliphatic heterocycles. The number of benzene rings is 2. The van der Waals surface area contributed by atoms with E-state index < -0.39 is 0 Å². The lowest BCUT2D eigenvalue weighted by molar-refractivity contribution is 0.122. The summed E-state index contributed by atoms with van der Waals surface area (Å²) in [4.78, 5) is 5.05. The van der Waals surface area contributed by atoms with Crippen LogP contribution in [-0.2, 0) is 4.74 Å². The summed E-state index contributed by atoms with van der Waals surface area (Å²) in [6.07, 6.45) is 1.16. The van der Waals surface area contributed by atoms with Crippen molar-refractivity contribution < 1.29 is 9.47 Å². The van der Waals surface area contributed by atoms with E-state index in [1.54, 1.807) is 0 Å². The predicted octanol–water partition coefficient (Wildman–Crippen LogP) is 4.14. The number of hydrogen-bond donors (Lipinski definition) is 1. The molecule has 0 aliphatic carbocycles. The molecule has 3 heterocycles. The number of ether oxygens (including phenoxy) is 2. The number of rotatable bonds is 4. The van der Waals surface area contributed by atoms with Crippen molar-refractivity contribution in [3.63, 3.8) is 0 Å². The Morgan fingerprint density at radius 2 is 1.86 bits per heavy atom. The van der Waals surface area contributed by atoms with Gasteiger partial charge in [-0.15, -0.1) is 0 Å². The quantitative estimate of drug-likeness (QED) is 0.845. The van der Waals surface area contributed by atoms with Gasteiger partial charge in [0, 0.05) is 31.4 Å². The Kier molecular flexibility index (Phi) is 5.10. The van der Waals surface area contributed by atoms with Crippen LogP contribution in [0, 0.1) is 6.92 Å². The van der Waals surface area contributed by atoms with Gasteiger partial charge < -0.3 is 19.7 Å². The van der Waals surface area contributed by atoms with Gasteiger partial charge in [-0.2, -0.15) is 0 Å². The van der Waals surface area contributed by atoms with E-state index in [4.69, 9.17) is 9.47 Å². The highest BCUT2D eigenvalue weighted by Gasteiger charge is 2.34. The number of fused-ring (bicyclic) bond motifs is 1. The smallest absolute Gasteiger partial charge is 0.159 e. The molecule has 0 amide bonds. The molecule has 1 N–H and O–H groups in total. The van der Waals surface area contributed by atoms with Crippen molar-refractivity contribution in [2.45, 2.75) is 32.2 Å². The maximum atomic E-state index is 5.83. The largest absolute Gasteiger partial charge is 0.471 e. The van der Waals surface area contributed by atoms with Gasteiger partial charge in [-0.25, -0.2) is 0 Å². The molecule has 2 fully saturated rings. The number of likely N-dealkylation sites (N-methyl/N-ethyl adjacent to an activating group) is 1.